The van der Waals surface area contributed by atoms with E-state index in [2.05, 4.69) is 26.0 Å². The summed E-state index contributed by atoms with van der Waals surface area (Å²) in [4.78, 5) is 11.0. The lowest BCUT2D eigenvalue weighted by molar-refractivity contribution is 0.250. The van der Waals surface area contributed by atoms with E-state index in [-0.39, 0.29) is 12.1 Å². The summed E-state index contributed by atoms with van der Waals surface area (Å²) in [5.74, 6) is 0.410. The van der Waals surface area contributed by atoms with Crippen LogP contribution in [0.25, 0.3) is 0 Å². The SMILES string of the molecule is CC(C)NC(=O)Nc1cn[nH]n1. The molecule has 0 bridgehead atoms. The van der Waals surface area contributed by atoms with Crippen LogP contribution in [0.4, 0.5) is 10.6 Å². The van der Waals surface area contributed by atoms with Crippen LogP contribution < -0.4 is 10.6 Å². The van der Waals surface area contributed by atoms with Crippen LogP contribution >= 0.6 is 0 Å². The second-order valence-electron chi connectivity index (χ2n) is 2.61. The Morgan fingerprint density at radius 1 is 1.67 bits per heavy atom. The lowest BCUT2D eigenvalue weighted by Gasteiger charge is -2.07. The number of hydrogen-bond donors (Lipinski definition) is 3. The molecule has 1 aromatic rings. The number of hydrogen-bond acceptors (Lipinski definition) is 3. The maximum atomic E-state index is 11.0. The van der Waals surface area contributed by atoms with E-state index >= 15 is 0 Å². The van der Waals surface area contributed by atoms with Gasteiger partial charge < -0.3 is 5.32 Å². The van der Waals surface area contributed by atoms with Crippen molar-refractivity contribution in [3.63, 3.8) is 0 Å². The third-order valence-electron chi connectivity index (χ3n) is 1.08. The lowest BCUT2D eigenvalue weighted by Crippen LogP contribution is -2.34. The van der Waals surface area contributed by atoms with E-state index in [9.17, 15) is 4.79 Å². The summed E-state index contributed by atoms with van der Waals surface area (Å²) in [6.45, 7) is 3.75. The molecule has 66 valence electrons. The van der Waals surface area contributed by atoms with Crippen LogP contribution in [-0.2, 0) is 0 Å². The maximum absolute atomic E-state index is 11.0. The number of aromatic amines is 1. The van der Waals surface area contributed by atoms with Gasteiger partial charge in [-0.25, -0.2) is 4.79 Å². The first-order chi connectivity index (χ1) is 5.68. The van der Waals surface area contributed by atoms with Gasteiger partial charge in [0.1, 0.15) is 0 Å². The van der Waals surface area contributed by atoms with E-state index in [1.165, 1.54) is 6.20 Å². The van der Waals surface area contributed by atoms with E-state index in [0.717, 1.165) is 0 Å². The number of carbonyl (C=O) groups excluding carboxylic acids is 1. The second-order valence-corrected chi connectivity index (χ2v) is 2.61. The molecule has 6 nitrogen and oxygen atoms in total. The highest BCUT2D eigenvalue weighted by molar-refractivity contribution is 5.88. The number of nitrogens with one attached hydrogen (secondary N) is 3. The number of amides is 2. The Bertz CT molecular complexity index is 242. The van der Waals surface area contributed by atoms with Crippen molar-refractivity contribution < 1.29 is 4.79 Å². The molecule has 3 N–H and O–H groups in total. The van der Waals surface area contributed by atoms with Crippen LogP contribution in [0.2, 0.25) is 0 Å². The molecule has 0 aliphatic carbocycles. The molecule has 0 aliphatic heterocycles. The Kier molecular flexibility index (Phi) is 2.62. The summed E-state index contributed by atoms with van der Waals surface area (Å²) in [5.41, 5.74) is 0. The first kappa shape index (κ1) is 8.51. The number of urea groups is 1. The van der Waals surface area contributed by atoms with Gasteiger partial charge in [-0.2, -0.15) is 10.3 Å². The van der Waals surface area contributed by atoms with E-state index in [4.69, 9.17) is 0 Å². The predicted molar refractivity (Wildman–Crippen MR) is 43.7 cm³/mol. The zero-order valence-electron chi connectivity index (χ0n) is 6.96. The van der Waals surface area contributed by atoms with Crippen LogP contribution in [0.15, 0.2) is 6.20 Å². The van der Waals surface area contributed by atoms with Gasteiger partial charge >= 0.3 is 6.03 Å². The number of nitrogens with zero attached hydrogens (tertiary/aromatic N) is 2. The van der Waals surface area contributed by atoms with Crippen LogP contribution in [0, 0.1) is 0 Å². The Morgan fingerprint density at radius 3 is 2.92 bits per heavy atom. The largest absolute Gasteiger partial charge is 0.336 e. The molecule has 0 radical (unpaired) electrons. The maximum Gasteiger partial charge on any atom is 0.320 e. The van der Waals surface area contributed by atoms with Crippen LogP contribution in [0.3, 0.4) is 0 Å². The third-order valence-corrected chi connectivity index (χ3v) is 1.08. The minimum atomic E-state index is -0.279. The molecule has 0 unspecified atom stereocenters. The van der Waals surface area contributed by atoms with Gasteiger partial charge in [-0.15, -0.1) is 5.10 Å². The van der Waals surface area contributed by atoms with Gasteiger partial charge in [0.25, 0.3) is 0 Å². The second kappa shape index (κ2) is 3.70. The number of anilines is 1. The van der Waals surface area contributed by atoms with Crippen molar-refractivity contribution >= 4 is 11.8 Å². The number of rotatable bonds is 2. The van der Waals surface area contributed by atoms with Crippen molar-refractivity contribution in [3.05, 3.63) is 6.20 Å². The molecule has 0 aromatic carbocycles. The van der Waals surface area contributed by atoms with Crippen molar-refractivity contribution in [1.82, 2.24) is 20.7 Å². The topological polar surface area (TPSA) is 82.7 Å². The van der Waals surface area contributed by atoms with Crippen LogP contribution in [0.1, 0.15) is 13.8 Å². The van der Waals surface area contributed by atoms with Crippen LogP contribution in [0.5, 0.6) is 0 Å². The average molecular weight is 169 g/mol. The first-order valence-corrected chi connectivity index (χ1v) is 3.62. The summed E-state index contributed by atoms with van der Waals surface area (Å²) >= 11 is 0. The molecule has 6 heteroatoms. The third kappa shape index (κ3) is 2.57. The van der Waals surface area contributed by atoms with Gasteiger partial charge in [0, 0.05) is 6.04 Å². The summed E-state index contributed by atoms with van der Waals surface area (Å²) in [6, 6.07) is -0.171. The van der Waals surface area contributed by atoms with E-state index < -0.39 is 0 Å². The standard InChI is InChI=1S/C6H11N5O/c1-4(2)8-6(12)9-5-3-7-11-10-5/h3-4H,1-2H3,(H3,7,8,9,10,11,12). The van der Waals surface area contributed by atoms with Gasteiger partial charge in [0.15, 0.2) is 5.82 Å². The van der Waals surface area contributed by atoms with E-state index in [1.807, 2.05) is 13.8 Å². The molecular weight excluding hydrogens is 158 g/mol. The van der Waals surface area contributed by atoms with Crippen molar-refractivity contribution in [2.75, 3.05) is 5.32 Å². The molecule has 0 atom stereocenters. The molecule has 0 fully saturated rings. The van der Waals surface area contributed by atoms with Crippen molar-refractivity contribution in [1.29, 1.82) is 0 Å². The molecule has 1 rings (SSSR count). The molecule has 2 amide bonds. The molecular formula is C6H11N5O. The van der Waals surface area contributed by atoms with Crippen LogP contribution in [-0.4, -0.2) is 27.5 Å². The van der Waals surface area contributed by atoms with Gasteiger partial charge in [-0.1, -0.05) is 0 Å². The monoisotopic (exact) mass is 169 g/mol. The normalized spacial score (nSPS) is 9.92. The molecule has 0 spiro atoms. The minimum absolute atomic E-state index is 0.108. The quantitative estimate of drug-likeness (QED) is 0.596. The zero-order chi connectivity index (χ0) is 8.97. The molecule has 1 aromatic heterocycles. The van der Waals surface area contributed by atoms with Crippen molar-refractivity contribution in [3.8, 4) is 0 Å². The average Bonchev–Trinajstić information content (AvgIpc) is 2.37. The number of carbonyl (C=O) groups is 1. The van der Waals surface area contributed by atoms with Gasteiger partial charge in [-0.05, 0) is 13.8 Å². The number of aromatic nitrogens is 3. The molecule has 0 aliphatic rings. The Hall–Kier alpha value is -1.59. The molecule has 1 heterocycles. The molecule has 12 heavy (non-hydrogen) atoms. The van der Waals surface area contributed by atoms with Gasteiger partial charge in [0.05, 0.1) is 6.20 Å². The Balaban J connectivity index is 2.37. The minimum Gasteiger partial charge on any atom is -0.336 e. The van der Waals surface area contributed by atoms with Crippen molar-refractivity contribution in [2.24, 2.45) is 0 Å². The summed E-state index contributed by atoms with van der Waals surface area (Å²) in [7, 11) is 0. The predicted octanol–water partition coefficient (Wildman–Crippen LogP) is 0.335. The molecule has 0 saturated carbocycles. The van der Waals surface area contributed by atoms with E-state index in [0.29, 0.717) is 5.82 Å². The number of H-pyrrole nitrogens is 1. The highest BCUT2D eigenvalue weighted by Gasteiger charge is 2.03. The summed E-state index contributed by atoms with van der Waals surface area (Å²) < 4.78 is 0. The zero-order valence-corrected chi connectivity index (χ0v) is 6.96. The fourth-order valence-corrected chi connectivity index (χ4v) is 0.676. The highest BCUT2D eigenvalue weighted by Crippen LogP contribution is 1.94. The highest BCUT2D eigenvalue weighted by atomic mass is 16.2. The van der Waals surface area contributed by atoms with E-state index in [1.54, 1.807) is 0 Å². The lowest BCUT2D eigenvalue weighted by atomic mass is 10.4. The van der Waals surface area contributed by atoms with Crippen molar-refractivity contribution in [2.45, 2.75) is 19.9 Å². The van der Waals surface area contributed by atoms with Gasteiger partial charge in [0.2, 0.25) is 0 Å². The molecule has 0 saturated heterocycles. The summed E-state index contributed by atoms with van der Waals surface area (Å²) in [5, 5.41) is 14.7. The summed E-state index contributed by atoms with van der Waals surface area (Å²) in [6.07, 6.45) is 1.43. The fourth-order valence-electron chi connectivity index (χ4n) is 0.676. The first-order valence-electron chi connectivity index (χ1n) is 3.62. The smallest absolute Gasteiger partial charge is 0.320 e. The Morgan fingerprint density at radius 2 is 2.42 bits per heavy atom. The van der Waals surface area contributed by atoms with Gasteiger partial charge in [-0.3, -0.25) is 5.32 Å². The fraction of sp³-hybridized carbons (Fsp3) is 0.500. The Labute approximate surface area is 69.7 Å².